The summed E-state index contributed by atoms with van der Waals surface area (Å²) in [6.45, 7) is 9.14. The number of unbranched alkanes of at least 4 members (excludes halogenated alkanes) is 14. The number of carboxylic acids is 2. The molecule has 1 aromatic rings. The van der Waals surface area contributed by atoms with Crippen LogP contribution in [0.2, 0.25) is 0 Å². The molecular formula is C34H58O4. The van der Waals surface area contributed by atoms with Gasteiger partial charge in [-0.3, -0.25) is 0 Å². The minimum absolute atomic E-state index is 0.0153. The standard InChI is InChI=1S/C34H58O4/c1-27(2)21-17-13-9-5-7-11-15-19-23-29-25-26-31(33(35)36)32(34(37)38)30(29)24-20-16-12-8-6-10-14-18-22-28(3)4/h25-28H,5-24H2,1-4H3,(H,35,36)(H,37,38). The lowest BCUT2D eigenvalue weighted by atomic mass is 9.89. The van der Waals surface area contributed by atoms with E-state index >= 15 is 0 Å². The number of aryl methyl sites for hydroxylation is 1. The lowest BCUT2D eigenvalue weighted by Crippen LogP contribution is -2.14. The van der Waals surface area contributed by atoms with Crippen LogP contribution in [-0.2, 0) is 12.8 Å². The Morgan fingerprint density at radius 1 is 0.553 bits per heavy atom. The number of rotatable bonds is 24. The zero-order valence-corrected chi connectivity index (χ0v) is 25.2. The summed E-state index contributed by atoms with van der Waals surface area (Å²) in [6, 6.07) is 3.37. The monoisotopic (exact) mass is 530 g/mol. The van der Waals surface area contributed by atoms with Gasteiger partial charge in [-0.15, -0.1) is 0 Å². The van der Waals surface area contributed by atoms with Crippen molar-refractivity contribution >= 4 is 11.9 Å². The summed E-state index contributed by atoms with van der Waals surface area (Å²) in [5.41, 5.74) is 1.74. The molecule has 0 spiro atoms. The van der Waals surface area contributed by atoms with Crippen molar-refractivity contribution in [1.82, 2.24) is 0 Å². The smallest absolute Gasteiger partial charge is 0.336 e. The molecule has 38 heavy (non-hydrogen) atoms. The largest absolute Gasteiger partial charge is 0.478 e. The first kappa shape index (κ1) is 34.2. The maximum Gasteiger partial charge on any atom is 0.336 e. The molecule has 0 aromatic heterocycles. The van der Waals surface area contributed by atoms with E-state index in [4.69, 9.17) is 0 Å². The van der Waals surface area contributed by atoms with Gasteiger partial charge in [0.15, 0.2) is 0 Å². The first-order chi connectivity index (χ1) is 18.2. The lowest BCUT2D eigenvalue weighted by Gasteiger charge is -2.15. The molecule has 1 rings (SSSR count). The molecule has 0 atom stereocenters. The molecule has 4 nitrogen and oxygen atoms in total. The molecule has 1 aromatic carbocycles. The van der Waals surface area contributed by atoms with Crippen molar-refractivity contribution in [3.05, 3.63) is 34.4 Å². The zero-order valence-electron chi connectivity index (χ0n) is 25.2. The Bertz CT molecular complexity index is 781. The Balaban J connectivity index is 2.50. The summed E-state index contributed by atoms with van der Waals surface area (Å²) < 4.78 is 0. The van der Waals surface area contributed by atoms with Crippen LogP contribution in [0.25, 0.3) is 0 Å². The van der Waals surface area contributed by atoms with Crippen LogP contribution >= 0.6 is 0 Å². The van der Waals surface area contributed by atoms with Gasteiger partial charge in [0.05, 0.1) is 11.1 Å². The van der Waals surface area contributed by atoms with Gasteiger partial charge in [0.25, 0.3) is 0 Å². The second kappa shape index (κ2) is 21.0. The predicted molar refractivity (Wildman–Crippen MR) is 161 cm³/mol. The summed E-state index contributed by atoms with van der Waals surface area (Å²) in [4.78, 5) is 23.8. The fraction of sp³-hybridized carbons (Fsp3) is 0.765. The van der Waals surface area contributed by atoms with Crippen molar-refractivity contribution in [1.29, 1.82) is 0 Å². The lowest BCUT2D eigenvalue weighted by molar-refractivity contribution is 0.0650. The summed E-state index contributed by atoms with van der Waals surface area (Å²) >= 11 is 0. The third-order valence-electron chi connectivity index (χ3n) is 7.79. The van der Waals surface area contributed by atoms with Gasteiger partial charge in [-0.05, 0) is 54.7 Å². The van der Waals surface area contributed by atoms with Crippen LogP contribution < -0.4 is 0 Å². The van der Waals surface area contributed by atoms with Gasteiger partial charge >= 0.3 is 11.9 Å². The molecule has 0 saturated heterocycles. The Morgan fingerprint density at radius 3 is 1.34 bits per heavy atom. The van der Waals surface area contributed by atoms with E-state index in [2.05, 4.69) is 27.7 Å². The van der Waals surface area contributed by atoms with Crippen LogP contribution in [0.15, 0.2) is 12.1 Å². The van der Waals surface area contributed by atoms with Crippen molar-refractivity contribution in [2.24, 2.45) is 11.8 Å². The Morgan fingerprint density at radius 2 is 0.947 bits per heavy atom. The molecule has 0 aliphatic rings. The molecular weight excluding hydrogens is 472 g/mol. The van der Waals surface area contributed by atoms with Crippen molar-refractivity contribution in [2.75, 3.05) is 0 Å². The first-order valence-corrected chi connectivity index (χ1v) is 15.8. The molecule has 0 aliphatic carbocycles. The highest BCUT2D eigenvalue weighted by molar-refractivity contribution is 6.03. The van der Waals surface area contributed by atoms with E-state index in [-0.39, 0.29) is 11.1 Å². The second-order valence-corrected chi connectivity index (χ2v) is 12.3. The van der Waals surface area contributed by atoms with Crippen LogP contribution in [0.3, 0.4) is 0 Å². The molecule has 0 aliphatic heterocycles. The topological polar surface area (TPSA) is 74.6 Å². The van der Waals surface area contributed by atoms with Crippen LogP contribution in [-0.4, -0.2) is 22.2 Å². The number of hydrogen-bond donors (Lipinski definition) is 2. The van der Waals surface area contributed by atoms with Crippen LogP contribution in [0, 0.1) is 11.8 Å². The maximum atomic E-state index is 12.1. The minimum atomic E-state index is -1.15. The van der Waals surface area contributed by atoms with Crippen molar-refractivity contribution in [2.45, 2.75) is 156 Å². The van der Waals surface area contributed by atoms with Crippen LogP contribution in [0.4, 0.5) is 0 Å². The van der Waals surface area contributed by atoms with Crippen molar-refractivity contribution in [3.63, 3.8) is 0 Å². The predicted octanol–water partition coefficient (Wildman–Crippen LogP) is 10.5. The fourth-order valence-corrected chi connectivity index (χ4v) is 5.48. The zero-order chi connectivity index (χ0) is 28.2. The van der Waals surface area contributed by atoms with E-state index in [1.807, 2.05) is 6.07 Å². The Kier molecular flexibility index (Phi) is 18.9. The number of aromatic carboxylic acids is 2. The van der Waals surface area contributed by atoms with E-state index in [0.717, 1.165) is 61.5 Å². The van der Waals surface area contributed by atoms with Crippen molar-refractivity contribution < 1.29 is 19.8 Å². The van der Waals surface area contributed by atoms with E-state index in [9.17, 15) is 19.8 Å². The number of carbonyl (C=O) groups is 2. The van der Waals surface area contributed by atoms with Gasteiger partial charge in [-0.1, -0.05) is 136 Å². The fourth-order valence-electron chi connectivity index (χ4n) is 5.48. The van der Waals surface area contributed by atoms with E-state index in [0.29, 0.717) is 6.42 Å². The molecule has 0 amide bonds. The average Bonchev–Trinajstić information content (AvgIpc) is 2.85. The Hall–Kier alpha value is -1.84. The summed E-state index contributed by atoms with van der Waals surface area (Å²) in [5, 5.41) is 19.5. The molecule has 0 saturated carbocycles. The first-order valence-electron chi connectivity index (χ1n) is 15.8. The highest BCUT2D eigenvalue weighted by atomic mass is 16.4. The van der Waals surface area contributed by atoms with Crippen LogP contribution in [0.5, 0.6) is 0 Å². The van der Waals surface area contributed by atoms with E-state index in [1.165, 1.54) is 89.5 Å². The van der Waals surface area contributed by atoms with Gasteiger partial charge in [-0.2, -0.15) is 0 Å². The highest BCUT2D eigenvalue weighted by Gasteiger charge is 2.22. The molecule has 2 N–H and O–H groups in total. The maximum absolute atomic E-state index is 12.1. The normalized spacial score (nSPS) is 11.5. The summed E-state index contributed by atoms with van der Waals surface area (Å²) in [7, 11) is 0. The second-order valence-electron chi connectivity index (χ2n) is 12.3. The van der Waals surface area contributed by atoms with E-state index in [1.54, 1.807) is 0 Å². The Labute approximate surface area is 234 Å². The third kappa shape index (κ3) is 15.5. The number of carboxylic acid groups (broad SMARTS) is 2. The third-order valence-corrected chi connectivity index (χ3v) is 7.79. The van der Waals surface area contributed by atoms with Crippen LogP contribution in [0.1, 0.15) is 175 Å². The van der Waals surface area contributed by atoms with Gasteiger partial charge in [0.1, 0.15) is 0 Å². The molecule has 0 heterocycles. The minimum Gasteiger partial charge on any atom is -0.478 e. The molecule has 0 fully saturated rings. The highest BCUT2D eigenvalue weighted by Crippen LogP contribution is 2.25. The summed E-state index contributed by atoms with van der Waals surface area (Å²) in [6.07, 6.45) is 23.7. The van der Waals surface area contributed by atoms with Crippen molar-refractivity contribution in [3.8, 4) is 0 Å². The van der Waals surface area contributed by atoms with E-state index < -0.39 is 11.9 Å². The quantitative estimate of drug-likeness (QED) is 0.130. The molecule has 0 bridgehead atoms. The number of hydrogen-bond acceptors (Lipinski definition) is 2. The molecule has 0 unspecified atom stereocenters. The summed E-state index contributed by atoms with van der Waals surface area (Å²) in [5.74, 6) is -0.663. The van der Waals surface area contributed by atoms with Gasteiger partial charge in [-0.25, -0.2) is 9.59 Å². The van der Waals surface area contributed by atoms with Gasteiger partial charge in [0, 0.05) is 0 Å². The van der Waals surface area contributed by atoms with Gasteiger partial charge in [0.2, 0.25) is 0 Å². The average molecular weight is 531 g/mol. The van der Waals surface area contributed by atoms with Gasteiger partial charge < -0.3 is 10.2 Å². The molecule has 0 radical (unpaired) electrons. The number of benzene rings is 1. The SMILES string of the molecule is CC(C)CCCCCCCCCCc1ccc(C(=O)O)c(C(=O)O)c1CCCCCCCCCCC(C)C. The molecule has 218 valence electrons. The molecule has 4 heteroatoms.